The van der Waals surface area contributed by atoms with Crippen molar-refractivity contribution in [2.75, 3.05) is 9.80 Å². The van der Waals surface area contributed by atoms with Crippen molar-refractivity contribution in [3.05, 3.63) is 198 Å². The van der Waals surface area contributed by atoms with E-state index in [1.807, 2.05) is 0 Å². The lowest BCUT2D eigenvalue weighted by molar-refractivity contribution is 0.668. The molecule has 4 nitrogen and oxygen atoms in total. The van der Waals surface area contributed by atoms with Gasteiger partial charge in [0.25, 0.3) is 6.71 Å². The van der Waals surface area contributed by atoms with Gasteiger partial charge in [0.05, 0.1) is 11.4 Å². The second-order valence-electron chi connectivity index (χ2n) is 19.2. The summed E-state index contributed by atoms with van der Waals surface area (Å²) < 4.78 is 13.6. The molecule has 4 aliphatic rings. The lowest BCUT2D eigenvalue weighted by Gasteiger charge is -2.45. The number of para-hydroxylation sites is 2. The molecule has 0 spiro atoms. The number of anilines is 6. The number of nitrogens with zero attached hydrogens (tertiary/aromatic N) is 2. The summed E-state index contributed by atoms with van der Waals surface area (Å²) in [6, 6.07) is 66.0. The third-order valence-corrected chi connectivity index (χ3v) is 15.6. The van der Waals surface area contributed by atoms with Crippen molar-refractivity contribution < 1.29 is 8.83 Å². The van der Waals surface area contributed by atoms with Gasteiger partial charge in [0, 0.05) is 67.6 Å². The van der Waals surface area contributed by atoms with E-state index in [2.05, 4.69) is 186 Å². The Labute approximate surface area is 389 Å². The lowest BCUT2D eigenvalue weighted by Crippen LogP contribution is -2.61. The van der Waals surface area contributed by atoms with Crippen LogP contribution in [-0.2, 0) is 25.7 Å². The third kappa shape index (κ3) is 5.55. The number of fused-ring (bicyclic) bond motifs is 12. The fourth-order valence-corrected chi connectivity index (χ4v) is 12.5. The molecule has 4 heterocycles. The maximum atomic E-state index is 6.80. The van der Waals surface area contributed by atoms with E-state index >= 15 is 0 Å². The van der Waals surface area contributed by atoms with Gasteiger partial charge in [-0.3, -0.25) is 0 Å². The van der Waals surface area contributed by atoms with Crippen molar-refractivity contribution in [2.24, 2.45) is 0 Å². The van der Waals surface area contributed by atoms with Gasteiger partial charge in [-0.15, -0.1) is 0 Å². The number of hydrogen-bond acceptors (Lipinski definition) is 4. The zero-order valence-electron chi connectivity index (χ0n) is 37.2. The van der Waals surface area contributed by atoms with Gasteiger partial charge in [0.2, 0.25) is 0 Å². The summed E-state index contributed by atoms with van der Waals surface area (Å²) in [5.74, 6) is 0. The first-order chi connectivity index (χ1) is 33.2. The fourth-order valence-electron chi connectivity index (χ4n) is 12.5. The first-order valence-corrected chi connectivity index (χ1v) is 24.3. The Morgan fingerprint density at radius 3 is 1.21 bits per heavy atom. The topological polar surface area (TPSA) is 32.8 Å². The first kappa shape index (κ1) is 37.5. The standard InChI is InChI=1S/C62H45BN2O2/c1-3-16-38(17-4-1)46-30-40-20-7-9-22-42(40)32-54(46)64-52-26-15-27-53-62(52)63(50-34-48-44-24-11-13-28-58(44)66-60(48)36-56(50)64)51-35-49-45-25-12-14-29-59(45)67-61(49)37-57(51)65(53)55-33-43-23-10-8-21-41(43)31-47(55)39-18-5-2-6-19-39/h1-6,11-19,24-37H,7-10,20-23H2. The van der Waals surface area contributed by atoms with Gasteiger partial charge >= 0.3 is 0 Å². The lowest BCUT2D eigenvalue weighted by atomic mass is 9.33. The molecule has 318 valence electrons. The highest BCUT2D eigenvalue weighted by atomic mass is 16.3. The van der Waals surface area contributed by atoms with Crippen LogP contribution in [0.5, 0.6) is 0 Å². The summed E-state index contributed by atoms with van der Waals surface area (Å²) in [4.78, 5) is 5.21. The van der Waals surface area contributed by atoms with E-state index in [4.69, 9.17) is 8.83 Å². The van der Waals surface area contributed by atoms with E-state index in [0.717, 1.165) is 80.9 Å². The second kappa shape index (κ2) is 14.4. The molecule has 2 aliphatic heterocycles. The van der Waals surface area contributed by atoms with Crippen LogP contribution in [0.15, 0.2) is 185 Å². The molecule has 0 saturated carbocycles. The van der Waals surface area contributed by atoms with Crippen LogP contribution in [0.3, 0.4) is 0 Å². The smallest absolute Gasteiger partial charge is 0.252 e. The van der Waals surface area contributed by atoms with Crippen molar-refractivity contribution in [2.45, 2.75) is 51.4 Å². The molecule has 0 unspecified atom stereocenters. The Hall–Kier alpha value is -7.76. The number of aryl methyl sites for hydroxylation is 4. The normalized spacial score (nSPS) is 14.9. The molecule has 9 aromatic carbocycles. The molecule has 0 N–H and O–H groups in total. The molecule has 0 amide bonds. The van der Waals surface area contributed by atoms with Crippen molar-refractivity contribution in [1.82, 2.24) is 0 Å². The van der Waals surface area contributed by atoms with Crippen molar-refractivity contribution in [1.29, 1.82) is 0 Å². The van der Waals surface area contributed by atoms with Crippen LogP contribution < -0.4 is 26.2 Å². The van der Waals surface area contributed by atoms with Gasteiger partial charge in [0.1, 0.15) is 22.3 Å². The average Bonchev–Trinajstić information content (AvgIpc) is 3.94. The SMILES string of the molecule is c1ccc(-c2cc3c(cc2N2c4cc5oc6ccccc6c5cc4B4c5cc6c(cc5N(c5cc7c(cc5-c5ccccc5)CCCC7)c5cccc2c54)oc2ccccc26)CCCC3)cc1. The number of benzene rings is 9. The van der Waals surface area contributed by atoms with E-state index < -0.39 is 0 Å². The zero-order chi connectivity index (χ0) is 43.7. The predicted molar refractivity (Wildman–Crippen MR) is 279 cm³/mol. The molecule has 2 aliphatic carbocycles. The molecular formula is C62H45BN2O2. The maximum absolute atomic E-state index is 6.80. The van der Waals surface area contributed by atoms with Crippen LogP contribution in [0, 0.1) is 0 Å². The molecule has 0 atom stereocenters. The molecule has 0 bridgehead atoms. The molecule has 67 heavy (non-hydrogen) atoms. The molecule has 0 fully saturated rings. The largest absolute Gasteiger partial charge is 0.456 e. The fraction of sp³-hybridized carbons (Fsp3) is 0.129. The molecule has 0 radical (unpaired) electrons. The molecule has 15 rings (SSSR count). The Bertz CT molecular complexity index is 3600. The summed E-state index contributed by atoms with van der Waals surface area (Å²) in [5, 5.41) is 4.56. The maximum Gasteiger partial charge on any atom is 0.252 e. The Balaban J connectivity index is 1.09. The number of hydrogen-bond donors (Lipinski definition) is 0. The van der Waals surface area contributed by atoms with Crippen LogP contribution >= 0.6 is 0 Å². The summed E-state index contributed by atoms with van der Waals surface area (Å²) in [6.45, 7) is -0.0876. The van der Waals surface area contributed by atoms with Crippen molar-refractivity contribution in [3.8, 4) is 22.3 Å². The number of furan rings is 2. The molecule has 0 saturated heterocycles. The minimum atomic E-state index is -0.0876. The monoisotopic (exact) mass is 860 g/mol. The highest BCUT2D eigenvalue weighted by Crippen LogP contribution is 2.51. The highest BCUT2D eigenvalue weighted by Gasteiger charge is 2.45. The predicted octanol–water partition coefficient (Wildman–Crippen LogP) is 14.7. The van der Waals surface area contributed by atoms with E-state index in [1.165, 1.54) is 109 Å². The van der Waals surface area contributed by atoms with Crippen LogP contribution in [0.25, 0.3) is 66.1 Å². The summed E-state index contributed by atoms with van der Waals surface area (Å²) in [7, 11) is 0. The van der Waals surface area contributed by atoms with E-state index in [0.29, 0.717) is 0 Å². The van der Waals surface area contributed by atoms with Gasteiger partial charge in [0.15, 0.2) is 0 Å². The van der Waals surface area contributed by atoms with E-state index in [9.17, 15) is 0 Å². The summed E-state index contributed by atoms with van der Waals surface area (Å²) >= 11 is 0. The zero-order valence-corrected chi connectivity index (χ0v) is 37.2. The van der Waals surface area contributed by atoms with Gasteiger partial charge in [-0.05, 0) is 150 Å². The third-order valence-electron chi connectivity index (χ3n) is 15.6. The van der Waals surface area contributed by atoms with E-state index in [-0.39, 0.29) is 6.71 Å². The second-order valence-corrected chi connectivity index (χ2v) is 19.2. The Kier molecular flexibility index (Phi) is 8.04. The van der Waals surface area contributed by atoms with Crippen LogP contribution in [-0.4, -0.2) is 6.71 Å². The van der Waals surface area contributed by atoms with Crippen LogP contribution in [0.4, 0.5) is 34.1 Å². The minimum absolute atomic E-state index is 0.0876. The first-order valence-electron chi connectivity index (χ1n) is 24.3. The molecular weight excluding hydrogens is 816 g/mol. The summed E-state index contributed by atoms with van der Waals surface area (Å²) in [6.07, 6.45) is 9.29. The van der Waals surface area contributed by atoms with Gasteiger partial charge in [-0.2, -0.15) is 0 Å². The van der Waals surface area contributed by atoms with Gasteiger partial charge in [-0.1, -0.05) is 115 Å². The molecule has 5 heteroatoms. The van der Waals surface area contributed by atoms with Gasteiger partial charge < -0.3 is 18.6 Å². The van der Waals surface area contributed by atoms with Crippen molar-refractivity contribution in [3.63, 3.8) is 0 Å². The highest BCUT2D eigenvalue weighted by molar-refractivity contribution is 7.00. The quantitative estimate of drug-likeness (QED) is 0.165. The summed E-state index contributed by atoms with van der Waals surface area (Å²) in [5.41, 5.74) is 25.5. The van der Waals surface area contributed by atoms with Crippen LogP contribution in [0.1, 0.15) is 47.9 Å². The average molecular weight is 861 g/mol. The van der Waals surface area contributed by atoms with E-state index in [1.54, 1.807) is 0 Å². The van der Waals surface area contributed by atoms with Crippen molar-refractivity contribution >= 4 is 101 Å². The van der Waals surface area contributed by atoms with Gasteiger partial charge in [-0.25, -0.2) is 0 Å². The Morgan fingerprint density at radius 2 is 0.746 bits per heavy atom. The molecule has 11 aromatic rings. The number of rotatable bonds is 4. The minimum Gasteiger partial charge on any atom is -0.456 e. The molecule has 2 aromatic heterocycles. The Morgan fingerprint density at radius 1 is 0.328 bits per heavy atom. The van der Waals surface area contributed by atoms with Crippen LogP contribution in [0.2, 0.25) is 0 Å².